The molecule has 1 aliphatic carbocycles. The Labute approximate surface area is 114 Å². The third-order valence-electron chi connectivity index (χ3n) is 4.51. The second-order valence-electron chi connectivity index (χ2n) is 5.86. The van der Waals surface area contributed by atoms with Crippen LogP contribution in [-0.4, -0.2) is 13.2 Å². The molecule has 4 nitrogen and oxygen atoms in total. The van der Waals surface area contributed by atoms with Crippen molar-refractivity contribution in [3.8, 4) is 11.5 Å². The Kier molecular flexibility index (Phi) is 3.37. The molecule has 0 bridgehead atoms. The number of hydrazine groups is 1. The molecular weight excluding hydrogens is 240 g/mol. The molecule has 1 unspecified atom stereocenters. The lowest BCUT2D eigenvalue weighted by Crippen LogP contribution is -2.38. The molecule has 0 saturated heterocycles. The van der Waals surface area contributed by atoms with Crippen LogP contribution >= 0.6 is 0 Å². The van der Waals surface area contributed by atoms with Crippen LogP contribution in [0.15, 0.2) is 18.2 Å². The first-order valence-electron chi connectivity index (χ1n) is 7.09. The fourth-order valence-electron chi connectivity index (χ4n) is 3.41. The summed E-state index contributed by atoms with van der Waals surface area (Å²) in [5, 5.41) is 0. The van der Waals surface area contributed by atoms with Gasteiger partial charge in [0.05, 0.1) is 6.04 Å². The molecule has 1 atom stereocenters. The van der Waals surface area contributed by atoms with Gasteiger partial charge in [-0.15, -0.1) is 0 Å². The summed E-state index contributed by atoms with van der Waals surface area (Å²) in [6, 6.07) is 6.34. The van der Waals surface area contributed by atoms with E-state index in [4.69, 9.17) is 15.3 Å². The second-order valence-corrected chi connectivity index (χ2v) is 5.86. The van der Waals surface area contributed by atoms with Gasteiger partial charge in [0, 0.05) is 0 Å². The zero-order valence-corrected chi connectivity index (χ0v) is 11.4. The standard InChI is InChI=1S/C15H22N2O2/c1-15(6-2-3-7-15)14(17-16)11-4-5-12-13(10-11)19-9-8-18-12/h4-5,10,14,17H,2-3,6-9,16H2,1H3. The van der Waals surface area contributed by atoms with Gasteiger partial charge in [-0.05, 0) is 36.0 Å². The van der Waals surface area contributed by atoms with Crippen molar-refractivity contribution in [2.45, 2.75) is 38.6 Å². The average Bonchev–Trinajstić information content (AvgIpc) is 2.87. The molecule has 3 rings (SSSR count). The van der Waals surface area contributed by atoms with Crippen LogP contribution in [0.2, 0.25) is 0 Å². The Bertz CT molecular complexity index is 455. The molecule has 0 aromatic heterocycles. The molecule has 1 heterocycles. The van der Waals surface area contributed by atoms with Crippen LogP contribution < -0.4 is 20.7 Å². The van der Waals surface area contributed by atoms with Crippen LogP contribution in [0, 0.1) is 5.41 Å². The Hall–Kier alpha value is -1.26. The minimum absolute atomic E-state index is 0.172. The highest BCUT2D eigenvalue weighted by Crippen LogP contribution is 2.48. The molecule has 0 spiro atoms. The zero-order valence-electron chi connectivity index (χ0n) is 11.4. The summed E-state index contributed by atoms with van der Waals surface area (Å²) in [7, 11) is 0. The summed E-state index contributed by atoms with van der Waals surface area (Å²) in [5.74, 6) is 7.50. The maximum Gasteiger partial charge on any atom is 0.161 e. The predicted octanol–water partition coefficient (Wildman–Crippen LogP) is 2.54. The van der Waals surface area contributed by atoms with Crippen molar-refractivity contribution in [2.24, 2.45) is 11.3 Å². The first-order valence-corrected chi connectivity index (χ1v) is 7.09. The highest BCUT2D eigenvalue weighted by Gasteiger charge is 2.37. The number of hydrogen-bond acceptors (Lipinski definition) is 4. The average molecular weight is 262 g/mol. The molecule has 2 aliphatic rings. The van der Waals surface area contributed by atoms with E-state index < -0.39 is 0 Å². The van der Waals surface area contributed by atoms with E-state index in [2.05, 4.69) is 24.5 Å². The van der Waals surface area contributed by atoms with Crippen LogP contribution in [0.3, 0.4) is 0 Å². The summed E-state index contributed by atoms with van der Waals surface area (Å²) >= 11 is 0. The predicted molar refractivity (Wildman–Crippen MR) is 74.1 cm³/mol. The van der Waals surface area contributed by atoms with E-state index in [0.29, 0.717) is 13.2 Å². The van der Waals surface area contributed by atoms with Gasteiger partial charge in [0.2, 0.25) is 0 Å². The van der Waals surface area contributed by atoms with E-state index in [1.807, 2.05) is 6.07 Å². The Morgan fingerprint density at radius 1 is 1.16 bits per heavy atom. The molecule has 1 saturated carbocycles. The molecule has 104 valence electrons. The Morgan fingerprint density at radius 2 is 1.84 bits per heavy atom. The van der Waals surface area contributed by atoms with Gasteiger partial charge in [-0.25, -0.2) is 0 Å². The molecule has 0 amide bonds. The normalized spacial score (nSPS) is 22.2. The smallest absolute Gasteiger partial charge is 0.161 e. The molecule has 19 heavy (non-hydrogen) atoms. The monoisotopic (exact) mass is 262 g/mol. The van der Waals surface area contributed by atoms with Crippen molar-refractivity contribution in [3.05, 3.63) is 23.8 Å². The summed E-state index contributed by atoms with van der Waals surface area (Å²) in [4.78, 5) is 0. The lowest BCUT2D eigenvalue weighted by molar-refractivity contribution is 0.170. The molecule has 1 aliphatic heterocycles. The van der Waals surface area contributed by atoms with Gasteiger partial charge in [0.15, 0.2) is 11.5 Å². The maximum atomic E-state index is 5.82. The Morgan fingerprint density at radius 3 is 2.53 bits per heavy atom. The van der Waals surface area contributed by atoms with Gasteiger partial charge in [-0.1, -0.05) is 25.8 Å². The lowest BCUT2D eigenvalue weighted by Gasteiger charge is -2.34. The summed E-state index contributed by atoms with van der Waals surface area (Å²) in [6.45, 7) is 3.57. The van der Waals surface area contributed by atoms with Crippen molar-refractivity contribution < 1.29 is 9.47 Å². The topological polar surface area (TPSA) is 56.5 Å². The number of benzene rings is 1. The SMILES string of the molecule is CC1(C(NN)c2ccc3c(c2)OCCO3)CCCC1. The van der Waals surface area contributed by atoms with Gasteiger partial charge >= 0.3 is 0 Å². The summed E-state index contributed by atoms with van der Waals surface area (Å²) in [6.07, 6.45) is 5.02. The van der Waals surface area contributed by atoms with Gasteiger partial charge < -0.3 is 9.47 Å². The van der Waals surface area contributed by atoms with E-state index >= 15 is 0 Å². The van der Waals surface area contributed by atoms with E-state index in [1.54, 1.807) is 0 Å². The van der Waals surface area contributed by atoms with Crippen LogP contribution in [0.5, 0.6) is 11.5 Å². The van der Waals surface area contributed by atoms with Crippen LogP contribution in [-0.2, 0) is 0 Å². The fourth-order valence-corrected chi connectivity index (χ4v) is 3.41. The Balaban J connectivity index is 1.91. The van der Waals surface area contributed by atoms with Crippen LogP contribution in [0.25, 0.3) is 0 Å². The third kappa shape index (κ3) is 2.30. The first kappa shape index (κ1) is 12.8. The lowest BCUT2D eigenvalue weighted by atomic mass is 9.77. The van der Waals surface area contributed by atoms with E-state index in [0.717, 1.165) is 11.5 Å². The van der Waals surface area contributed by atoms with Crippen molar-refractivity contribution in [2.75, 3.05) is 13.2 Å². The molecule has 1 fully saturated rings. The number of nitrogens with two attached hydrogens (primary N) is 1. The van der Waals surface area contributed by atoms with Gasteiger partial charge in [-0.2, -0.15) is 0 Å². The van der Waals surface area contributed by atoms with Crippen molar-refractivity contribution in [1.82, 2.24) is 5.43 Å². The second kappa shape index (κ2) is 5.02. The molecular formula is C15H22N2O2. The zero-order chi connectivity index (χ0) is 13.3. The molecule has 1 aromatic carbocycles. The number of hydrogen-bond donors (Lipinski definition) is 2. The number of rotatable bonds is 3. The van der Waals surface area contributed by atoms with Gasteiger partial charge in [0.1, 0.15) is 13.2 Å². The molecule has 4 heteroatoms. The summed E-state index contributed by atoms with van der Waals surface area (Å²) < 4.78 is 11.2. The number of fused-ring (bicyclic) bond motifs is 1. The van der Waals surface area contributed by atoms with E-state index in [9.17, 15) is 0 Å². The number of nitrogens with one attached hydrogen (secondary N) is 1. The fraction of sp³-hybridized carbons (Fsp3) is 0.600. The van der Waals surface area contributed by atoms with Crippen LogP contribution in [0.1, 0.15) is 44.2 Å². The van der Waals surface area contributed by atoms with E-state index in [1.165, 1.54) is 31.2 Å². The van der Waals surface area contributed by atoms with Gasteiger partial charge in [0.25, 0.3) is 0 Å². The van der Waals surface area contributed by atoms with Crippen molar-refractivity contribution in [3.63, 3.8) is 0 Å². The van der Waals surface area contributed by atoms with Crippen molar-refractivity contribution >= 4 is 0 Å². The molecule has 3 N–H and O–H groups in total. The summed E-state index contributed by atoms with van der Waals surface area (Å²) in [5.41, 5.74) is 4.44. The maximum absolute atomic E-state index is 5.82. The highest BCUT2D eigenvalue weighted by molar-refractivity contribution is 5.45. The number of ether oxygens (including phenoxy) is 2. The quantitative estimate of drug-likeness (QED) is 0.649. The van der Waals surface area contributed by atoms with Crippen molar-refractivity contribution in [1.29, 1.82) is 0 Å². The largest absolute Gasteiger partial charge is 0.486 e. The third-order valence-corrected chi connectivity index (χ3v) is 4.51. The van der Waals surface area contributed by atoms with Crippen LogP contribution in [0.4, 0.5) is 0 Å². The minimum atomic E-state index is 0.172. The molecule has 1 aromatic rings. The van der Waals surface area contributed by atoms with E-state index in [-0.39, 0.29) is 11.5 Å². The molecule has 0 radical (unpaired) electrons. The first-order chi connectivity index (χ1) is 9.23. The minimum Gasteiger partial charge on any atom is -0.486 e. The highest BCUT2D eigenvalue weighted by atomic mass is 16.6. The van der Waals surface area contributed by atoms with Gasteiger partial charge in [-0.3, -0.25) is 11.3 Å².